The fraction of sp³-hybridized carbons (Fsp3) is 0.136. The van der Waals surface area contributed by atoms with Crippen LogP contribution in [0.25, 0.3) is 0 Å². The van der Waals surface area contributed by atoms with Gasteiger partial charge in [-0.3, -0.25) is 14.6 Å². The van der Waals surface area contributed by atoms with Crippen LogP contribution < -0.4 is 20.1 Å². The van der Waals surface area contributed by atoms with Crippen LogP contribution in [0, 0.1) is 0 Å². The molecule has 1 heterocycles. The Balaban J connectivity index is 1.58. The second kappa shape index (κ2) is 9.36. The van der Waals surface area contributed by atoms with Gasteiger partial charge >= 0.3 is 0 Å². The van der Waals surface area contributed by atoms with Crippen LogP contribution in [-0.4, -0.2) is 31.0 Å². The minimum Gasteiger partial charge on any atom is -0.493 e. The average molecular weight is 391 g/mol. The van der Waals surface area contributed by atoms with Crippen LogP contribution in [-0.2, 0) is 6.54 Å². The number of aromatic nitrogens is 1. The van der Waals surface area contributed by atoms with Crippen molar-refractivity contribution >= 4 is 17.5 Å². The van der Waals surface area contributed by atoms with Gasteiger partial charge in [0.25, 0.3) is 11.8 Å². The van der Waals surface area contributed by atoms with Crippen molar-refractivity contribution in [3.63, 3.8) is 0 Å². The van der Waals surface area contributed by atoms with Crippen LogP contribution in [0.1, 0.15) is 26.3 Å². The molecular formula is C22H21N3O4. The second-order valence-corrected chi connectivity index (χ2v) is 6.15. The lowest BCUT2D eigenvalue weighted by Crippen LogP contribution is -2.22. The lowest BCUT2D eigenvalue weighted by molar-refractivity contribution is 0.0949. The summed E-state index contributed by atoms with van der Waals surface area (Å²) in [5.41, 5.74) is 2.49. The first-order valence-corrected chi connectivity index (χ1v) is 8.91. The van der Waals surface area contributed by atoms with Crippen molar-refractivity contribution in [2.45, 2.75) is 6.54 Å². The third-order valence-electron chi connectivity index (χ3n) is 4.23. The van der Waals surface area contributed by atoms with E-state index in [2.05, 4.69) is 15.6 Å². The van der Waals surface area contributed by atoms with Crippen LogP contribution in [0.5, 0.6) is 11.5 Å². The van der Waals surface area contributed by atoms with Gasteiger partial charge in [0.15, 0.2) is 11.5 Å². The summed E-state index contributed by atoms with van der Waals surface area (Å²) in [7, 11) is 3.06. The number of hydrogen-bond donors (Lipinski definition) is 2. The summed E-state index contributed by atoms with van der Waals surface area (Å²) in [6.45, 7) is 0.331. The topological polar surface area (TPSA) is 89.5 Å². The largest absolute Gasteiger partial charge is 0.493 e. The molecule has 0 saturated heterocycles. The van der Waals surface area contributed by atoms with E-state index < -0.39 is 0 Å². The minimum absolute atomic E-state index is 0.223. The first kappa shape index (κ1) is 19.9. The average Bonchev–Trinajstić information content (AvgIpc) is 2.78. The molecule has 29 heavy (non-hydrogen) atoms. The van der Waals surface area contributed by atoms with Crippen LogP contribution in [0.3, 0.4) is 0 Å². The molecule has 0 spiro atoms. The number of carbonyl (C=O) groups excluding carboxylic acids is 2. The Morgan fingerprint density at radius 3 is 2.28 bits per heavy atom. The van der Waals surface area contributed by atoms with Crippen molar-refractivity contribution in [2.24, 2.45) is 0 Å². The van der Waals surface area contributed by atoms with Gasteiger partial charge in [0.2, 0.25) is 0 Å². The Hall–Kier alpha value is -3.87. The normalized spacial score (nSPS) is 10.1. The van der Waals surface area contributed by atoms with Gasteiger partial charge in [-0.05, 0) is 48.0 Å². The molecule has 0 aliphatic heterocycles. The molecular weight excluding hydrogens is 370 g/mol. The highest BCUT2D eigenvalue weighted by atomic mass is 16.5. The molecule has 0 bridgehead atoms. The number of ether oxygens (including phenoxy) is 2. The maximum Gasteiger partial charge on any atom is 0.255 e. The third kappa shape index (κ3) is 5.10. The summed E-state index contributed by atoms with van der Waals surface area (Å²) in [6, 6.07) is 15.5. The summed E-state index contributed by atoms with van der Waals surface area (Å²) in [5, 5.41) is 5.62. The van der Waals surface area contributed by atoms with Crippen molar-refractivity contribution < 1.29 is 19.1 Å². The van der Waals surface area contributed by atoms with Crippen LogP contribution >= 0.6 is 0 Å². The van der Waals surface area contributed by atoms with Crippen molar-refractivity contribution in [2.75, 3.05) is 19.5 Å². The van der Waals surface area contributed by atoms with Gasteiger partial charge in [-0.1, -0.05) is 12.1 Å². The van der Waals surface area contributed by atoms with Gasteiger partial charge < -0.3 is 20.1 Å². The zero-order valence-electron chi connectivity index (χ0n) is 16.1. The van der Waals surface area contributed by atoms with Crippen LogP contribution in [0.2, 0.25) is 0 Å². The molecule has 0 fully saturated rings. The number of nitrogens with zero attached hydrogens (tertiary/aromatic N) is 1. The van der Waals surface area contributed by atoms with E-state index in [0.717, 1.165) is 5.56 Å². The number of amides is 2. The van der Waals surface area contributed by atoms with Gasteiger partial charge in [-0.2, -0.15) is 0 Å². The SMILES string of the molecule is COc1ccc(C(=O)NCc2ccc(C(=O)Nc3cccnc3)cc2)cc1OC. The van der Waals surface area contributed by atoms with E-state index in [1.54, 1.807) is 67.0 Å². The highest BCUT2D eigenvalue weighted by Gasteiger charge is 2.11. The van der Waals surface area contributed by atoms with Gasteiger partial charge in [0.1, 0.15) is 0 Å². The Bertz CT molecular complexity index is 989. The van der Waals surface area contributed by atoms with Gasteiger partial charge in [0, 0.05) is 23.9 Å². The number of rotatable bonds is 7. The summed E-state index contributed by atoms with van der Waals surface area (Å²) < 4.78 is 10.4. The van der Waals surface area contributed by atoms with Crippen molar-refractivity contribution in [1.82, 2.24) is 10.3 Å². The maximum absolute atomic E-state index is 12.4. The van der Waals surface area contributed by atoms with E-state index in [9.17, 15) is 9.59 Å². The quantitative estimate of drug-likeness (QED) is 0.645. The first-order chi connectivity index (χ1) is 14.1. The Labute approximate surface area is 168 Å². The number of methoxy groups -OCH3 is 2. The summed E-state index contributed by atoms with van der Waals surface area (Å²) in [6.07, 6.45) is 3.22. The lowest BCUT2D eigenvalue weighted by Gasteiger charge is -2.10. The monoisotopic (exact) mass is 391 g/mol. The molecule has 0 saturated carbocycles. The molecule has 3 aromatic rings. The number of hydrogen-bond acceptors (Lipinski definition) is 5. The molecule has 2 aromatic carbocycles. The summed E-state index contributed by atoms with van der Waals surface area (Å²) in [5.74, 6) is 0.594. The highest BCUT2D eigenvalue weighted by Crippen LogP contribution is 2.27. The fourth-order valence-corrected chi connectivity index (χ4v) is 2.68. The molecule has 3 rings (SSSR count). The number of pyridine rings is 1. The Kier molecular flexibility index (Phi) is 6.42. The maximum atomic E-state index is 12.4. The fourth-order valence-electron chi connectivity index (χ4n) is 2.68. The molecule has 7 heteroatoms. The second-order valence-electron chi connectivity index (χ2n) is 6.15. The van der Waals surface area contributed by atoms with Gasteiger partial charge in [-0.15, -0.1) is 0 Å². The molecule has 2 amide bonds. The number of nitrogens with one attached hydrogen (secondary N) is 2. The lowest BCUT2D eigenvalue weighted by atomic mass is 10.1. The molecule has 148 valence electrons. The van der Waals surface area contributed by atoms with Crippen LogP contribution in [0.4, 0.5) is 5.69 Å². The Morgan fingerprint density at radius 1 is 0.897 bits per heavy atom. The number of benzene rings is 2. The minimum atomic E-state index is -0.232. The standard InChI is InChI=1S/C22H21N3O4/c1-28-19-10-9-17(12-20(19)29-2)21(26)24-13-15-5-7-16(8-6-15)22(27)25-18-4-3-11-23-14-18/h3-12,14H,13H2,1-2H3,(H,24,26)(H,25,27). The summed E-state index contributed by atoms with van der Waals surface area (Å²) in [4.78, 5) is 28.6. The molecule has 0 aliphatic rings. The van der Waals surface area contributed by atoms with Crippen molar-refractivity contribution in [1.29, 1.82) is 0 Å². The third-order valence-corrected chi connectivity index (χ3v) is 4.23. The molecule has 1 aromatic heterocycles. The van der Waals surface area contributed by atoms with Gasteiger partial charge in [0.05, 0.1) is 26.1 Å². The predicted molar refractivity (Wildman–Crippen MR) is 109 cm³/mol. The van der Waals surface area contributed by atoms with Crippen LogP contribution in [0.15, 0.2) is 67.0 Å². The van der Waals surface area contributed by atoms with Gasteiger partial charge in [-0.25, -0.2) is 0 Å². The van der Waals surface area contributed by atoms with E-state index >= 15 is 0 Å². The molecule has 7 nitrogen and oxygen atoms in total. The molecule has 0 aliphatic carbocycles. The predicted octanol–water partition coefficient (Wildman–Crippen LogP) is 3.28. The molecule has 2 N–H and O–H groups in total. The first-order valence-electron chi connectivity index (χ1n) is 8.91. The van der Waals surface area contributed by atoms with E-state index in [-0.39, 0.29) is 11.8 Å². The van der Waals surface area contributed by atoms with E-state index in [0.29, 0.717) is 34.9 Å². The summed E-state index contributed by atoms with van der Waals surface area (Å²) >= 11 is 0. The van der Waals surface area contributed by atoms with Crippen molar-refractivity contribution in [3.8, 4) is 11.5 Å². The molecule has 0 radical (unpaired) electrons. The van der Waals surface area contributed by atoms with E-state index in [4.69, 9.17) is 9.47 Å². The molecule has 0 unspecified atom stereocenters. The zero-order valence-corrected chi connectivity index (χ0v) is 16.1. The van der Waals surface area contributed by atoms with E-state index in [1.807, 2.05) is 0 Å². The Morgan fingerprint density at radius 2 is 1.62 bits per heavy atom. The highest BCUT2D eigenvalue weighted by molar-refractivity contribution is 6.04. The molecule has 0 atom stereocenters. The number of carbonyl (C=O) groups is 2. The zero-order chi connectivity index (χ0) is 20.6. The number of anilines is 1. The smallest absolute Gasteiger partial charge is 0.255 e. The van der Waals surface area contributed by atoms with Crippen molar-refractivity contribution in [3.05, 3.63) is 83.7 Å². The van der Waals surface area contributed by atoms with E-state index in [1.165, 1.54) is 14.2 Å².